The SMILES string of the molecule is C=CC(C)(Cc1ccc2ccccc2n1)C(=O)OCC. The molecule has 1 atom stereocenters. The van der Waals surface area contributed by atoms with Gasteiger partial charge in [-0.05, 0) is 26.0 Å². The Labute approximate surface area is 119 Å². The minimum absolute atomic E-state index is 0.259. The van der Waals surface area contributed by atoms with Gasteiger partial charge in [-0.15, -0.1) is 6.58 Å². The number of nitrogens with zero attached hydrogens (tertiary/aromatic N) is 1. The van der Waals surface area contributed by atoms with E-state index in [4.69, 9.17) is 4.74 Å². The summed E-state index contributed by atoms with van der Waals surface area (Å²) < 4.78 is 5.12. The van der Waals surface area contributed by atoms with Gasteiger partial charge in [0.15, 0.2) is 0 Å². The second kappa shape index (κ2) is 5.87. The first-order chi connectivity index (χ1) is 9.59. The number of rotatable bonds is 5. The molecule has 1 aromatic carbocycles. The Hall–Kier alpha value is -2.16. The maximum Gasteiger partial charge on any atom is 0.316 e. The number of hydrogen-bond acceptors (Lipinski definition) is 3. The number of hydrogen-bond donors (Lipinski definition) is 0. The molecule has 0 bridgehead atoms. The van der Waals surface area contributed by atoms with Crippen LogP contribution in [0.5, 0.6) is 0 Å². The van der Waals surface area contributed by atoms with Crippen LogP contribution in [0.25, 0.3) is 10.9 Å². The molecule has 2 aromatic rings. The van der Waals surface area contributed by atoms with Gasteiger partial charge in [-0.3, -0.25) is 9.78 Å². The van der Waals surface area contributed by atoms with Crippen LogP contribution in [-0.4, -0.2) is 17.6 Å². The van der Waals surface area contributed by atoms with Crippen LogP contribution in [0, 0.1) is 5.41 Å². The van der Waals surface area contributed by atoms with E-state index in [0.717, 1.165) is 16.6 Å². The van der Waals surface area contributed by atoms with E-state index in [1.54, 1.807) is 13.0 Å². The first-order valence-electron chi connectivity index (χ1n) is 6.74. The third-order valence-corrected chi connectivity index (χ3v) is 3.40. The van der Waals surface area contributed by atoms with Crippen LogP contribution >= 0.6 is 0 Å². The van der Waals surface area contributed by atoms with E-state index in [1.807, 2.05) is 43.3 Å². The van der Waals surface area contributed by atoms with Gasteiger partial charge < -0.3 is 4.74 Å². The van der Waals surface area contributed by atoms with E-state index in [0.29, 0.717) is 13.0 Å². The lowest BCUT2D eigenvalue weighted by molar-refractivity contribution is -0.151. The molecule has 0 aliphatic heterocycles. The molecule has 1 heterocycles. The summed E-state index contributed by atoms with van der Waals surface area (Å²) in [5.41, 5.74) is 1.05. The summed E-state index contributed by atoms with van der Waals surface area (Å²) >= 11 is 0. The molecule has 3 heteroatoms. The minimum Gasteiger partial charge on any atom is -0.465 e. The minimum atomic E-state index is -0.745. The lowest BCUT2D eigenvalue weighted by Gasteiger charge is -2.22. The van der Waals surface area contributed by atoms with Crippen LogP contribution in [0.15, 0.2) is 49.1 Å². The average molecular weight is 269 g/mol. The zero-order valence-corrected chi connectivity index (χ0v) is 11.9. The summed E-state index contributed by atoms with van der Waals surface area (Å²) in [6.45, 7) is 7.76. The zero-order valence-electron chi connectivity index (χ0n) is 11.9. The first-order valence-corrected chi connectivity index (χ1v) is 6.74. The topological polar surface area (TPSA) is 39.2 Å². The summed E-state index contributed by atoms with van der Waals surface area (Å²) in [5.74, 6) is -0.259. The molecule has 0 N–H and O–H groups in total. The summed E-state index contributed by atoms with van der Waals surface area (Å²) in [5, 5.41) is 1.09. The van der Waals surface area contributed by atoms with Crippen LogP contribution in [0.1, 0.15) is 19.5 Å². The van der Waals surface area contributed by atoms with Crippen molar-refractivity contribution in [2.45, 2.75) is 20.3 Å². The van der Waals surface area contributed by atoms with Gasteiger partial charge >= 0.3 is 5.97 Å². The number of ether oxygens (including phenoxy) is 1. The molecule has 2 rings (SSSR count). The second-order valence-corrected chi connectivity index (χ2v) is 5.01. The molecule has 0 radical (unpaired) electrons. The van der Waals surface area contributed by atoms with Crippen molar-refractivity contribution in [3.8, 4) is 0 Å². The van der Waals surface area contributed by atoms with Crippen LogP contribution < -0.4 is 0 Å². The highest BCUT2D eigenvalue weighted by Gasteiger charge is 2.32. The van der Waals surface area contributed by atoms with E-state index >= 15 is 0 Å². The van der Waals surface area contributed by atoms with Gasteiger partial charge in [-0.2, -0.15) is 0 Å². The summed E-state index contributed by atoms with van der Waals surface area (Å²) in [6.07, 6.45) is 2.13. The summed E-state index contributed by atoms with van der Waals surface area (Å²) in [7, 11) is 0. The fourth-order valence-electron chi connectivity index (χ4n) is 2.11. The van der Waals surface area contributed by atoms with E-state index in [2.05, 4.69) is 11.6 Å². The molecule has 1 unspecified atom stereocenters. The molecule has 104 valence electrons. The molecule has 0 aliphatic carbocycles. The van der Waals surface area contributed by atoms with Crippen molar-refractivity contribution < 1.29 is 9.53 Å². The molecule has 0 spiro atoms. The number of esters is 1. The molecular weight excluding hydrogens is 250 g/mol. The van der Waals surface area contributed by atoms with Gasteiger partial charge in [0.05, 0.1) is 17.5 Å². The highest BCUT2D eigenvalue weighted by molar-refractivity contribution is 5.80. The second-order valence-electron chi connectivity index (χ2n) is 5.01. The molecule has 20 heavy (non-hydrogen) atoms. The molecule has 0 saturated heterocycles. The predicted octanol–water partition coefficient (Wildman–Crippen LogP) is 3.53. The Morgan fingerprint density at radius 3 is 2.80 bits per heavy atom. The fraction of sp³-hybridized carbons (Fsp3) is 0.294. The highest BCUT2D eigenvalue weighted by atomic mass is 16.5. The van der Waals surface area contributed by atoms with Crippen LogP contribution in [0.2, 0.25) is 0 Å². The Morgan fingerprint density at radius 2 is 2.10 bits per heavy atom. The van der Waals surface area contributed by atoms with Crippen molar-refractivity contribution in [1.82, 2.24) is 4.98 Å². The third kappa shape index (κ3) is 2.87. The van der Waals surface area contributed by atoms with Gasteiger partial charge in [0.1, 0.15) is 0 Å². The molecule has 3 nitrogen and oxygen atoms in total. The Balaban J connectivity index is 2.29. The smallest absolute Gasteiger partial charge is 0.316 e. The van der Waals surface area contributed by atoms with Crippen molar-refractivity contribution in [2.75, 3.05) is 6.61 Å². The highest BCUT2D eigenvalue weighted by Crippen LogP contribution is 2.26. The quantitative estimate of drug-likeness (QED) is 0.615. The normalized spacial score (nSPS) is 13.7. The van der Waals surface area contributed by atoms with Crippen LogP contribution in [0.3, 0.4) is 0 Å². The van der Waals surface area contributed by atoms with Crippen molar-refractivity contribution in [3.05, 3.63) is 54.7 Å². The fourth-order valence-corrected chi connectivity index (χ4v) is 2.11. The van der Waals surface area contributed by atoms with E-state index < -0.39 is 5.41 Å². The molecule has 0 saturated carbocycles. The van der Waals surface area contributed by atoms with Gasteiger partial charge in [-0.25, -0.2) is 0 Å². The number of fused-ring (bicyclic) bond motifs is 1. The van der Waals surface area contributed by atoms with Crippen molar-refractivity contribution in [2.24, 2.45) is 5.41 Å². The molecule has 0 fully saturated rings. The van der Waals surface area contributed by atoms with Crippen molar-refractivity contribution >= 4 is 16.9 Å². The lowest BCUT2D eigenvalue weighted by Crippen LogP contribution is -2.30. The van der Waals surface area contributed by atoms with E-state index in [1.165, 1.54) is 0 Å². The van der Waals surface area contributed by atoms with E-state index in [-0.39, 0.29) is 5.97 Å². The number of carbonyl (C=O) groups excluding carboxylic acids is 1. The summed E-state index contributed by atoms with van der Waals surface area (Å²) in [6, 6.07) is 11.9. The maximum atomic E-state index is 12.0. The van der Waals surface area contributed by atoms with Gasteiger partial charge in [0.2, 0.25) is 0 Å². The average Bonchev–Trinajstić information content (AvgIpc) is 2.47. The van der Waals surface area contributed by atoms with Gasteiger partial charge in [0, 0.05) is 17.5 Å². The van der Waals surface area contributed by atoms with Crippen LogP contribution in [0.4, 0.5) is 0 Å². The van der Waals surface area contributed by atoms with Gasteiger partial charge in [0.25, 0.3) is 0 Å². The zero-order chi connectivity index (χ0) is 14.6. The first kappa shape index (κ1) is 14.3. The molecule has 0 amide bonds. The standard InChI is InChI=1S/C17H19NO2/c1-4-17(3,16(19)20-5-2)12-14-11-10-13-8-6-7-9-15(13)18-14/h4,6-11H,1,5,12H2,2-3H3. The summed E-state index contributed by atoms with van der Waals surface area (Å²) in [4.78, 5) is 16.6. The molecule has 0 aliphatic rings. The third-order valence-electron chi connectivity index (χ3n) is 3.40. The number of pyridine rings is 1. The Morgan fingerprint density at radius 1 is 1.35 bits per heavy atom. The van der Waals surface area contributed by atoms with E-state index in [9.17, 15) is 4.79 Å². The Bertz CT molecular complexity index is 636. The predicted molar refractivity (Wildman–Crippen MR) is 80.4 cm³/mol. The maximum absolute atomic E-state index is 12.0. The largest absolute Gasteiger partial charge is 0.465 e. The molecular formula is C17H19NO2. The number of benzene rings is 1. The monoisotopic (exact) mass is 269 g/mol. The van der Waals surface area contributed by atoms with Gasteiger partial charge in [-0.1, -0.05) is 30.3 Å². The number of aromatic nitrogens is 1. The van der Waals surface area contributed by atoms with Crippen LogP contribution in [-0.2, 0) is 16.0 Å². The Kier molecular flexibility index (Phi) is 4.18. The van der Waals surface area contributed by atoms with Crippen molar-refractivity contribution in [1.29, 1.82) is 0 Å². The molecule has 1 aromatic heterocycles. The lowest BCUT2D eigenvalue weighted by atomic mass is 9.85. The van der Waals surface area contributed by atoms with Crippen molar-refractivity contribution in [3.63, 3.8) is 0 Å². The number of carbonyl (C=O) groups is 1. The number of para-hydroxylation sites is 1.